The average molecular weight is 528 g/mol. The van der Waals surface area contributed by atoms with Gasteiger partial charge in [0.15, 0.2) is 5.96 Å². The molecular weight excluding hydrogens is 499 g/mol. The van der Waals surface area contributed by atoms with Gasteiger partial charge in [-0.2, -0.15) is 11.3 Å². The SMILES string of the molecule is CCNC(=NCC(C)c1ccsc1)NCCOc1ccc2c(c1)CCC(=O)N2.I. The number of hydrogen-bond donors (Lipinski definition) is 3. The zero-order valence-electron chi connectivity index (χ0n) is 16.9. The van der Waals surface area contributed by atoms with Gasteiger partial charge >= 0.3 is 0 Å². The Kier molecular flexibility index (Phi) is 9.72. The number of benzene rings is 1. The maximum absolute atomic E-state index is 11.4. The minimum atomic E-state index is 0. The van der Waals surface area contributed by atoms with Crippen molar-refractivity contribution in [2.24, 2.45) is 4.99 Å². The molecule has 0 fully saturated rings. The first-order valence-electron chi connectivity index (χ1n) is 9.75. The highest BCUT2D eigenvalue weighted by molar-refractivity contribution is 14.0. The van der Waals surface area contributed by atoms with Gasteiger partial charge in [0.25, 0.3) is 0 Å². The molecule has 1 aliphatic heterocycles. The minimum Gasteiger partial charge on any atom is -0.492 e. The van der Waals surface area contributed by atoms with E-state index in [1.165, 1.54) is 5.56 Å². The number of guanidine groups is 1. The molecule has 29 heavy (non-hydrogen) atoms. The highest BCUT2D eigenvalue weighted by Crippen LogP contribution is 2.26. The van der Waals surface area contributed by atoms with Gasteiger partial charge < -0.3 is 20.7 Å². The molecular formula is C21H29IN4O2S. The molecule has 1 aromatic heterocycles. The molecule has 158 valence electrons. The molecule has 0 saturated carbocycles. The number of nitrogens with zero attached hydrogens (tertiary/aromatic N) is 1. The molecule has 0 bridgehead atoms. The second kappa shape index (κ2) is 12.0. The highest BCUT2D eigenvalue weighted by atomic mass is 127. The van der Waals surface area contributed by atoms with Crippen molar-refractivity contribution in [3.05, 3.63) is 46.2 Å². The van der Waals surface area contributed by atoms with Gasteiger partial charge in [0, 0.05) is 31.1 Å². The Morgan fingerprint density at radius 2 is 2.17 bits per heavy atom. The first kappa shape index (κ1) is 23.5. The van der Waals surface area contributed by atoms with Crippen LogP contribution in [0.25, 0.3) is 0 Å². The third kappa shape index (κ3) is 7.18. The van der Waals surface area contributed by atoms with Gasteiger partial charge in [-0.15, -0.1) is 24.0 Å². The third-order valence-corrected chi connectivity index (χ3v) is 5.32. The van der Waals surface area contributed by atoms with Crippen molar-refractivity contribution in [3.8, 4) is 5.75 Å². The standard InChI is InChI=1S/C21H28N4O2S.HI/c1-3-22-21(24-13-15(2)17-8-11-28-14-17)23-9-10-27-18-5-6-19-16(12-18)4-7-20(26)25-19;/h5-6,8,11-12,14-15H,3-4,7,9-10,13H2,1-2H3,(H,25,26)(H2,22,23,24);1H. The van der Waals surface area contributed by atoms with E-state index in [2.05, 4.69) is 51.6 Å². The Balaban J connectivity index is 0.00000300. The Labute approximate surface area is 193 Å². The van der Waals surface area contributed by atoms with Crippen LogP contribution >= 0.6 is 35.3 Å². The fourth-order valence-electron chi connectivity index (χ4n) is 3.02. The van der Waals surface area contributed by atoms with E-state index in [4.69, 9.17) is 4.74 Å². The number of carbonyl (C=O) groups is 1. The van der Waals surface area contributed by atoms with E-state index in [0.717, 1.165) is 42.5 Å². The van der Waals surface area contributed by atoms with Crippen molar-refractivity contribution in [2.45, 2.75) is 32.6 Å². The van der Waals surface area contributed by atoms with Gasteiger partial charge in [-0.25, -0.2) is 0 Å². The van der Waals surface area contributed by atoms with Gasteiger partial charge in [0.05, 0.1) is 6.54 Å². The van der Waals surface area contributed by atoms with E-state index in [1.807, 2.05) is 18.2 Å². The van der Waals surface area contributed by atoms with Crippen LogP contribution in [0.2, 0.25) is 0 Å². The predicted octanol–water partition coefficient (Wildman–Crippen LogP) is 3.99. The summed E-state index contributed by atoms with van der Waals surface area (Å²) >= 11 is 1.72. The summed E-state index contributed by atoms with van der Waals surface area (Å²) in [5.41, 5.74) is 3.35. The van der Waals surface area contributed by atoms with E-state index in [9.17, 15) is 4.79 Å². The maximum atomic E-state index is 11.4. The molecule has 1 atom stereocenters. The largest absolute Gasteiger partial charge is 0.492 e. The van der Waals surface area contributed by atoms with Crippen molar-refractivity contribution < 1.29 is 9.53 Å². The first-order valence-corrected chi connectivity index (χ1v) is 10.7. The number of aliphatic imine (C=N–C) groups is 1. The smallest absolute Gasteiger partial charge is 0.224 e. The van der Waals surface area contributed by atoms with Crippen molar-refractivity contribution >= 4 is 52.9 Å². The topological polar surface area (TPSA) is 74.8 Å². The molecule has 3 rings (SSSR count). The van der Waals surface area contributed by atoms with Gasteiger partial charge in [-0.1, -0.05) is 6.92 Å². The van der Waals surface area contributed by atoms with Crippen LogP contribution in [0.15, 0.2) is 40.0 Å². The number of anilines is 1. The molecule has 1 aliphatic rings. The number of nitrogens with one attached hydrogen (secondary N) is 3. The van der Waals surface area contributed by atoms with Crippen molar-refractivity contribution in [2.75, 3.05) is 31.6 Å². The lowest BCUT2D eigenvalue weighted by atomic mass is 10.0. The predicted molar refractivity (Wildman–Crippen MR) is 131 cm³/mol. The summed E-state index contributed by atoms with van der Waals surface area (Å²) in [6.07, 6.45) is 1.29. The van der Waals surface area contributed by atoms with Crippen LogP contribution in [0.4, 0.5) is 5.69 Å². The molecule has 2 aromatic rings. The summed E-state index contributed by atoms with van der Waals surface area (Å²) in [7, 11) is 0. The second-order valence-electron chi connectivity index (χ2n) is 6.82. The molecule has 1 unspecified atom stereocenters. The van der Waals surface area contributed by atoms with Crippen LogP contribution < -0.4 is 20.7 Å². The molecule has 3 N–H and O–H groups in total. The van der Waals surface area contributed by atoms with E-state index >= 15 is 0 Å². The molecule has 2 heterocycles. The van der Waals surface area contributed by atoms with Crippen LogP contribution in [-0.4, -0.2) is 38.1 Å². The van der Waals surface area contributed by atoms with Crippen LogP contribution in [0, 0.1) is 0 Å². The number of ether oxygens (including phenoxy) is 1. The fraction of sp³-hybridized carbons (Fsp3) is 0.429. The molecule has 1 aromatic carbocycles. The van der Waals surface area contributed by atoms with Crippen molar-refractivity contribution in [3.63, 3.8) is 0 Å². The fourth-order valence-corrected chi connectivity index (χ4v) is 3.80. The lowest BCUT2D eigenvalue weighted by Crippen LogP contribution is -2.39. The summed E-state index contributed by atoms with van der Waals surface area (Å²) < 4.78 is 5.86. The van der Waals surface area contributed by atoms with Gasteiger partial charge in [0.2, 0.25) is 5.91 Å². The van der Waals surface area contributed by atoms with Crippen LogP contribution in [-0.2, 0) is 11.2 Å². The lowest BCUT2D eigenvalue weighted by Gasteiger charge is -2.18. The van der Waals surface area contributed by atoms with E-state index in [0.29, 0.717) is 25.5 Å². The monoisotopic (exact) mass is 528 g/mol. The quantitative estimate of drug-likeness (QED) is 0.210. The number of aryl methyl sites for hydroxylation is 1. The minimum absolute atomic E-state index is 0. The highest BCUT2D eigenvalue weighted by Gasteiger charge is 2.15. The lowest BCUT2D eigenvalue weighted by molar-refractivity contribution is -0.116. The van der Waals surface area contributed by atoms with E-state index in [-0.39, 0.29) is 29.9 Å². The molecule has 0 saturated heterocycles. The average Bonchev–Trinajstić information content (AvgIpc) is 3.24. The Hall–Kier alpha value is -1.81. The molecule has 0 spiro atoms. The zero-order chi connectivity index (χ0) is 19.8. The number of halogens is 1. The normalized spacial score (nSPS) is 14.3. The molecule has 0 aliphatic carbocycles. The number of fused-ring (bicyclic) bond motifs is 1. The van der Waals surface area contributed by atoms with Crippen molar-refractivity contribution in [1.82, 2.24) is 10.6 Å². The summed E-state index contributed by atoms with van der Waals surface area (Å²) in [6.45, 7) is 7.00. The number of hydrogen-bond acceptors (Lipinski definition) is 4. The van der Waals surface area contributed by atoms with Crippen LogP contribution in [0.3, 0.4) is 0 Å². The van der Waals surface area contributed by atoms with Crippen LogP contribution in [0.1, 0.15) is 37.3 Å². The number of thiophene rings is 1. The summed E-state index contributed by atoms with van der Waals surface area (Å²) in [4.78, 5) is 16.1. The Bertz CT molecular complexity index is 811. The Morgan fingerprint density at radius 3 is 2.93 bits per heavy atom. The molecule has 8 heteroatoms. The summed E-state index contributed by atoms with van der Waals surface area (Å²) in [6, 6.07) is 7.97. The number of carbonyl (C=O) groups excluding carboxylic acids is 1. The van der Waals surface area contributed by atoms with Crippen molar-refractivity contribution in [1.29, 1.82) is 0 Å². The van der Waals surface area contributed by atoms with E-state index < -0.39 is 0 Å². The second-order valence-corrected chi connectivity index (χ2v) is 7.60. The molecule has 1 amide bonds. The third-order valence-electron chi connectivity index (χ3n) is 4.62. The zero-order valence-corrected chi connectivity index (χ0v) is 20.0. The Morgan fingerprint density at radius 1 is 1.31 bits per heavy atom. The van der Waals surface area contributed by atoms with Gasteiger partial charge in [-0.05, 0) is 59.5 Å². The number of rotatable bonds is 8. The van der Waals surface area contributed by atoms with Gasteiger partial charge in [0.1, 0.15) is 12.4 Å². The van der Waals surface area contributed by atoms with E-state index in [1.54, 1.807) is 11.3 Å². The number of amides is 1. The maximum Gasteiger partial charge on any atom is 0.224 e. The molecule has 6 nitrogen and oxygen atoms in total. The first-order chi connectivity index (χ1) is 13.7. The summed E-state index contributed by atoms with van der Waals surface area (Å²) in [5.74, 6) is 2.11. The van der Waals surface area contributed by atoms with Gasteiger partial charge in [-0.3, -0.25) is 9.79 Å². The van der Waals surface area contributed by atoms with Crippen LogP contribution in [0.5, 0.6) is 5.75 Å². The summed E-state index contributed by atoms with van der Waals surface area (Å²) in [5, 5.41) is 13.8. The molecule has 0 radical (unpaired) electrons.